The molecule has 2 aromatic carbocycles. The van der Waals surface area contributed by atoms with Gasteiger partial charge in [-0.3, -0.25) is 9.59 Å². The second-order valence-corrected chi connectivity index (χ2v) is 19.7. The van der Waals surface area contributed by atoms with Gasteiger partial charge >= 0.3 is 0 Å². The summed E-state index contributed by atoms with van der Waals surface area (Å²) in [5.41, 5.74) is 4.59. The molecule has 1 aromatic heterocycles. The lowest BCUT2D eigenvalue weighted by molar-refractivity contribution is -0.246. The number of aromatic nitrogens is 4. The summed E-state index contributed by atoms with van der Waals surface area (Å²) in [6.07, 6.45) is 10.5. The van der Waals surface area contributed by atoms with Crippen LogP contribution in [0.5, 0.6) is 0 Å². The van der Waals surface area contributed by atoms with E-state index in [2.05, 4.69) is 79.4 Å². The van der Waals surface area contributed by atoms with Crippen molar-refractivity contribution in [3.8, 4) is 11.4 Å². The molecule has 2 amide bonds. The highest BCUT2D eigenvalue weighted by Gasteiger charge is 2.71. The fourth-order valence-corrected chi connectivity index (χ4v) is 14.1. The zero-order chi connectivity index (χ0) is 39.0. The number of carbonyl (C=O) groups excluding carboxylic acids is 2. The van der Waals surface area contributed by atoms with E-state index in [0.29, 0.717) is 48.1 Å². The number of hydrogen-bond donors (Lipinski definition) is 4. The Morgan fingerprint density at radius 2 is 1.58 bits per heavy atom. The minimum absolute atomic E-state index is 0.0597. The number of allylic oxidation sites excluding steroid dienone is 1. The van der Waals surface area contributed by atoms with Gasteiger partial charge in [0, 0.05) is 24.2 Å². The summed E-state index contributed by atoms with van der Waals surface area (Å²) in [5, 5.41) is 31.8. The predicted molar refractivity (Wildman–Crippen MR) is 214 cm³/mol. The van der Waals surface area contributed by atoms with E-state index in [1.165, 1.54) is 31.3 Å². The van der Waals surface area contributed by atoms with Gasteiger partial charge < -0.3 is 15.7 Å². The molecule has 10 atom stereocenters. The van der Waals surface area contributed by atoms with Crippen LogP contribution in [0.15, 0.2) is 60.7 Å². The number of H-pyrrole nitrogens is 1. The maximum absolute atomic E-state index is 14.8. The molecule has 0 unspecified atom stereocenters. The van der Waals surface area contributed by atoms with Crippen LogP contribution in [-0.2, 0) is 17.9 Å². The number of amides is 2. The lowest BCUT2D eigenvalue weighted by Gasteiger charge is -2.72. The van der Waals surface area contributed by atoms with Crippen molar-refractivity contribution in [2.45, 2.75) is 125 Å². The highest BCUT2D eigenvalue weighted by molar-refractivity contribution is 5.94. The average molecular weight is 747 g/mol. The van der Waals surface area contributed by atoms with E-state index in [-0.39, 0.29) is 45.5 Å². The van der Waals surface area contributed by atoms with Crippen molar-refractivity contribution in [1.29, 1.82) is 0 Å². The SMILES string of the molecule is C=C(C)[C@@H]1CC[C@]2(C(=O)NCc3cccc(C(=O)NCc4cccc(-c5nn[nH]n5)c4)c3)CC[C@]3(C)[C@H](CC[C@@H]4[C@@]5(C)CC[C@H](O)C(C)(C)[C@@H]5CC[C@]43C)[C@@H]12. The third-order valence-electron chi connectivity index (χ3n) is 17.1. The summed E-state index contributed by atoms with van der Waals surface area (Å²) in [6, 6.07) is 15.3. The zero-order valence-electron chi connectivity index (χ0n) is 33.9. The summed E-state index contributed by atoms with van der Waals surface area (Å²) >= 11 is 0. The maximum Gasteiger partial charge on any atom is 0.251 e. The van der Waals surface area contributed by atoms with Gasteiger partial charge in [0.2, 0.25) is 11.7 Å². The molecule has 5 aliphatic carbocycles. The van der Waals surface area contributed by atoms with Crippen LogP contribution in [0.3, 0.4) is 0 Å². The number of aliphatic hydroxyl groups excluding tert-OH is 1. The van der Waals surface area contributed by atoms with Gasteiger partial charge in [0.1, 0.15) is 0 Å². The summed E-state index contributed by atoms with van der Waals surface area (Å²) < 4.78 is 0. The molecule has 0 radical (unpaired) electrons. The zero-order valence-corrected chi connectivity index (χ0v) is 33.9. The number of hydrogen-bond acceptors (Lipinski definition) is 6. The minimum Gasteiger partial charge on any atom is -0.393 e. The number of nitrogens with one attached hydrogen (secondary N) is 3. The molecule has 3 aromatic rings. The maximum atomic E-state index is 14.8. The number of tetrazole rings is 1. The molecule has 5 aliphatic rings. The van der Waals surface area contributed by atoms with E-state index < -0.39 is 5.41 Å². The van der Waals surface area contributed by atoms with Crippen LogP contribution < -0.4 is 10.6 Å². The Hall–Kier alpha value is -3.85. The van der Waals surface area contributed by atoms with Crippen LogP contribution in [0.4, 0.5) is 0 Å². The smallest absolute Gasteiger partial charge is 0.251 e. The van der Waals surface area contributed by atoms with E-state index in [1.807, 2.05) is 48.5 Å². The van der Waals surface area contributed by atoms with Crippen molar-refractivity contribution in [2.24, 2.45) is 56.7 Å². The Morgan fingerprint density at radius 1 is 0.836 bits per heavy atom. The molecule has 5 fully saturated rings. The number of aliphatic hydroxyl groups is 1. The highest BCUT2D eigenvalue weighted by atomic mass is 16.3. The lowest BCUT2D eigenvalue weighted by Crippen LogP contribution is -2.67. The van der Waals surface area contributed by atoms with Gasteiger partial charge in [-0.05, 0) is 157 Å². The number of fused-ring (bicyclic) bond motifs is 7. The number of carbonyl (C=O) groups is 2. The molecule has 4 N–H and O–H groups in total. The van der Waals surface area contributed by atoms with E-state index in [9.17, 15) is 14.7 Å². The number of aromatic amines is 1. The fourth-order valence-electron chi connectivity index (χ4n) is 14.1. The summed E-state index contributed by atoms with van der Waals surface area (Å²) in [7, 11) is 0. The highest BCUT2D eigenvalue weighted by Crippen LogP contribution is 2.77. The number of nitrogens with zero attached hydrogens (tertiary/aromatic N) is 3. The molecule has 55 heavy (non-hydrogen) atoms. The normalized spacial score (nSPS) is 37.4. The van der Waals surface area contributed by atoms with E-state index in [0.717, 1.165) is 55.2 Å². The quantitative estimate of drug-likeness (QED) is 0.171. The average Bonchev–Trinajstić information content (AvgIpc) is 3.85. The molecule has 0 aliphatic heterocycles. The molecule has 0 bridgehead atoms. The third kappa shape index (κ3) is 5.92. The first-order valence-electron chi connectivity index (χ1n) is 21.0. The van der Waals surface area contributed by atoms with Gasteiger partial charge in [-0.15, -0.1) is 10.2 Å². The second-order valence-electron chi connectivity index (χ2n) is 19.7. The van der Waals surface area contributed by atoms with Crippen molar-refractivity contribution in [3.05, 3.63) is 77.4 Å². The van der Waals surface area contributed by atoms with Gasteiger partial charge in [-0.25, -0.2) is 0 Å². The van der Waals surface area contributed by atoms with Gasteiger partial charge in [-0.1, -0.05) is 77.1 Å². The molecule has 1 heterocycles. The Bertz CT molecular complexity index is 1960. The van der Waals surface area contributed by atoms with Crippen LogP contribution in [0.25, 0.3) is 11.4 Å². The first kappa shape index (κ1) is 38.0. The van der Waals surface area contributed by atoms with E-state index in [1.54, 1.807) is 0 Å². The van der Waals surface area contributed by atoms with Gasteiger partial charge in [-0.2, -0.15) is 5.21 Å². The molecule has 0 spiro atoms. The van der Waals surface area contributed by atoms with Crippen molar-refractivity contribution in [2.75, 3.05) is 0 Å². The van der Waals surface area contributed by atoms with Crippen LogP contribution >= 0.6 is 0 Å². The third-order valence-corrected chi connectivity index (χ3v) is 17.1. The monoisotopic (exact) mass is 746 g/mol. The number of benzene rings is 2. The molecule has 9 heteroatoms. The molecule has 9 nitrogen and oxygen atoms in total. The summed E-state index contributed by atoms with van der Waals surface area (Å²) in [5.74, 6) is 2.81. The van der Waals surface area contributed by atoms with Crippen LogP contribution in [0.2, 0.25) is 0 Å². The number of rotatable bonds is 8. The standard InChI is InChI=1S/C46H62N6O3/c1-28(2)33-16-21-46(23-22-44(6)34(38(33)46)14-15-36-43(5)19-18-37(53)42(3,4)35(43)17-20-45(36,44)7)41(55)48-27-30-11-9-13-32(25-30)40(54)47-26-29-10-8-12-31(24-29)39-49-51-52-50-39/h8-13,24-25,33-38,53H,1,14-23,26-27H2,2-7H3,(H,47,54)(H,48,55)(H,49,50,51,52)/t33-,34+,35-,36+,37-,38+,43-,44+,45+,46-/m0/s1. The molecule has 294 valence electrons. The molecule has 8 rings (SSSR count). The Morgan fingerprint density at radius 3 is 2.33 bits per heavy atom. The first-order valence-corrected chi connectivity index (χ1v) is 21.0. The predicted octanol–water partition coefficient (Wildman–Crippen LogP) is 8.43. The minimum atomic E-state index is -0.403. The molecule has 0 saturated heterocycles. The van der Waals surface area contributed by atoms with E-state index >= 15 is 0 Å². The van der Waals surface area contributed by atoms with Crippen molar-refractivity contribution in [1.82, 2.24) is 31.3 Å². The van der Waals surface area contributed by atoms with Gasteiger partial charge in [0.25, 0.3) is 5.91 Å². The topological polar surface area (TPSA) is 133 Å². The van der Waals surface area contributed by atoms with Gasteiger partial charge in [0.05, 0.1) is 11.5 Å². The first-order chi connectivity index (χ1) is 26.1. The fraction of sp³-hybridized carbons (Fsp3) is 0.630. The molecular formula is C46H62N6O3. The van der Waals surface area contributed by atoms with Crippen molar-refractivity contribution in [3.63, 3.8) is 0 Å². The van der Waals surface area contributed by atoms with Gasteiger partial charge in [0.15, 0.2) is 0 Å². The summed E-state index contributed by atoms with van der Waals surface area (Å²) in [6.45, 7) is 20.0. The van der Waals surface area contributed by atoms with Crippen LogP contribution in [0.1, 0.15) is 127 Å². The second kappa shape index (κ2) is 13.7. The largest absolute Gasteiger partial charge is 0.393 e. The van der Waals surface area contributed by atoms with Crippen molar-refractivity contribution < 1.29 is 14.7 Å². The molecular weight excluding hydrogens is 685 g/mol. The Kier molecular flexibility index (Phi) is 9.45. The van der Waals surface area contributed by atoms with E-state index in [4.69, 9.17) is 0 Å². The Balaban J connectivity index is 0.979. The Labute approximate surface area is 327 Å². The van der Waals surface area contributed by atoms with Crippen LogP contribution in [0, 0.1) is 56.7 Å². The summed E-state index contributed by atoms with van der Waals surface area (Å²) in [4.78, 5) is 28.1. The lowest BCUT2D eigenvalue weighted by atomic mass is 9.32. The molecule has 5 saturated carbocycles. The van der Waals surface area contributed by atoms with Crippen molar-refractivity contribution >= 4 is 11.8 Å². The van der Waals surface area contributed by atoms with Crippen LogP contribution in [-0.4, -0.2) is 43.6 Å².